The molecule has 6 nitrogen and oxygen atoms in total. The summed E-state index contributed by atoms with van der Waals surface area (Å²) in [5.41, 5.74) is 0.297. The minimum Gasteiger partial charge on any atom is -0.465 e. The SMILES string of the molecule is CCOC(=O)CN(CC)C(=O)CNC(=O)c1ccccc1Cl. The van der Waals surface area contributed by atoms with Gasteiger partial charge in [-0.05, 0) is 26.0 Å². The van der Waals surface area contributed by atoms with Crippen molar-refractivity contribution >= 4 is 29.4 Å². The van der Waals surface area contributed by atoms with E-state index in [-0.39, 0.29) is 25.6 Å². The van der Waals surface area contributed by atoms with Gasteiger partial charge in [-0.2, -0.15) is 0 Å². The molecule has 2 amide bonds. The Labute approximate surface area is 134 Å². The molecule has 7 heteroatoms. The van der Waals surface area contributed by atoms with E-state index in [4.69, 9.17) is 16.3 Å². The lowest BCUT2D eigenvalue weighted by atomic mass is 10.2. The van der Waals surface area contributed by atoms with Crippen LogP contribution in [0.4, 0.5) is 0 Å². The van der Waals surface area contributed by atoms with Crippen LogP contribution in [-0.4, -0.2) is 48.9 Å². The molecule has 0 aromatic heterocycles. The van der Waals surface area contributed by atoms with Crippen LogP contribution in [0.25, 0.3) is 0 Å². The molecule has 0 aliphatic rings. The summed E-state index contributed by atoms with van der Waals surface area (Å²) < 4.78 is 4.80. The van der Waals surface area contributed by atoms with Gasteiger partial charge in [-0.15, -0.1) is 0 Å². The summed E-state index contributed by atoms with van der Waals surface area (Å²) in [5.74, 6) is -1.28. The van der Waals surface area contributed by atoms with Gasteiger partial charge in [0.05, 0.1) is 23.7 Å². The number of halogens is 1. The van der Waals surface area contributed by atoms with E-state index in [1.54, 1.807) is 38.1 Å². The fraction of sp³-hybridized carbons (Fsp3) is 0.400. The predicted molar refractivity (Wildman–Crippen MR) is 82.7 cm³/mol. The molecule has 0 atom stereocenters. The normalized spacial score (nSPS) is 9.95. The van der Waals surface area contributed by atoms with Crippen LogP contribution in [0.2, 0.25) is 5.02 Å². The lowest BCUT2D eigenvalue weighted by Crippen LogP contribution is -2.42. The summed E-state index contributed by atoms with van der Waals surface area (Å²) in [4.78, 5) is 36.7. The van der Waals surface area contributed by atoms with Gasteiger partial charge in [-0.25, -0.2) is 0 Å². The maximum Gasteiger partial charge on any atom is 0.325 e. The molecule has 0 saturated heterocycles. The molecular weight excluding hydrogens is 308 g/mol. The van der Waals surface area contributed by atoms with Gasteiger partial charge in [0.1, 0.15) is 6.54 Å². The summed E-state index contributed by atoms with van der Waals surface area (Å²) >= 11 is 5.91. The predicted octanol–water partition coefficient (Wildman–Crippen LogP) is 1.48. The summed E-state index contributed by atoms with van der Waals surface area (Å²) in [5, 5.41) is 2.80. The average molecular weight is 327 g/mol. The molecule has 0 heterocycles. The third kappa shape index (κ3) is 5.37. The van der Waals surface area contributed by atoms with Crippen molar-refractivity contribution in [2.75, 3.05) is 26.2 Å². The Morgan fingerprint density at radius 3 is 2.50 bits per heavy atom. The largest absolute Gasteiger partial charge is 0.465 e. The first-order chi connectivity index (χ1) is 10.5. The second kappa shape index (κ2) is 9.04. The highest BCUT2D eigenvalue weighted by atomic mass is 35.5. The van der Waals surface area contributed by atoms with Crippen LogP contribution in [0.15, 0.2) is 24.3 Å². The molecule has 0 saturated carbocycles. The summed E-state index contributed by atoms with van der Waals surface area (Å²) in [6.45, 7) is 3.70. The van der Waals surface area contributed by atoms with E-state index in [0.717, 1.165) is 0 Å². The van der Waals surface area contributed by atoms with E-state index in [2.05, 4.69) is 5.32 Å². The van der Waals surface area contributed by atoms with Crippen molar-refractivity contribution in [2.45, 2.75) is 13.8 Å². The van der Waals surface area contributed by atoms with Crippen LogP contribution in [-0.2, 0) is 14.3 Å². The first-order valence-corrected chi connectivity index (χ1v) is 7.33. The lowest BCUT2D eigenvalue weighted by Gasteiger charge is -2.20. The third-order valence-electron chi connectivity index (χ3n) is 2.88. The van der Waals surface area contributed by atoms with Crippen molar-refractivity contribution in [3.63, 3.8) is 0 Å². The van der Waals surface area contributed by atoms with Crippen molar-refractivity contribution in [3.8, 4) is 0 Å². The molecular formula is C15H19ClN2O4. The van der Waals surface area contributed by atoms with Crippen molar-refractivity contribution in [1.82, 2.24) is 10.2 Å². The van der Waals surface area contributed by atoms with Crippen molar-refractivity contribution in [3.05, 3.63) is 34.9 Å². The zero-order chi connectivity index (χ0) is 16.5. The minimum atomic E-state index is -0.477. The van der Waals surface area contributed by atoms with Crippen LogP contribution in [0.1, 0.15) is 24.2 Å². The Balaban J connectivity index is 2.55. The van der Waals surface area contributed by atoms with Gasteiger partial charge in [0.2, 0.25) is 5.91 Å². The number of hydrogen-bond donors (Lipinski definition) is 1. The molecule has 120 valence electrons. The number of hydrogen-bond acceptors (Lipinski definition) is 4. The van der Waals surface area contributed by atoms with Crippen molar-refractivity contribution in [2.24, 2.45) is 0 Å². The van der Waals surface area contributed by atoms with E-state index < -0.39 is 11.9 Å². The van der Waals surface area contributed by atoms with E-state index in [0.29, 0.717) is 17.1 Å². The standard InChI is InChI=1S/C15H19ClN2O4/c1-3-18(10-14(20)22-4-2)13(19)9-17-15(21)11-7-5-6-8-12(11)16/h5-8H,3-4,9-10H2,1-2H3,(H,17,21). The lowest BCUT2D eigenvalue weighted by molar-refractivity contribution is -0.148. The highest BCUT2D eigenvalue weighted by Crippen LogP contribution is 2.14. The number of carbonyl (C=O) groups is 3. The highest BCUT2D eigenvalue weighted by Gasteiger charge is 2.17. The molecule has 0 bridgehead atoms. The number of amides is 2. The molecule has 0 spiro atoms. The van der Waals surface area contributed by atoms with Gasteiger partial charge in [-0.1, -0.05) is 23.7 Å². The molecule has 1 aromatic carbocycles. The van der Waals surface area contributed by atoms with Gasteiger partial charge in [0.25, 0.3) is 5.91 Å². The van der Waals surface area contributed by atoms with E-state index in [1.807, 2.05) is 0 Å². The number of benzene rings is 1. The van der Waals surface area contributed by atoms with Gasteiger partial charge in [0, 0.05) is 6.54 Å². The summed E-state index contributed by atoms with van der Waals surface area (Å²) in [6.07, 6.45) is 0. The van der Waals surface area contributed by atoms with Crippen LogP contribution < -0.4 is 5.32 Å². The first kappa shape index (κ1) is 18.0. The van der Waals surface area contributed by atoms with Crippen molar-refractivity contribution in [1.29, 1.82) is 0 Å². The number of ether oxygens (including phenoxy) is 1. The van der Waals surface area contributed by atoms with Crippen LogP contribution in [0.3, 0.4) is 0 Å². The topological polar surface area (TPSA) is 75.7 Å². The zero-order valence-corrected chi connectivity index (χ0v) is 13.4. The number of likely N-dealkylation sites (N-methyl/N-ethyl adjacent to an activating group) is 1. The molecule has 1 rings (SSSR count). The van der Waals surface area contributed by atoms with Crippen LogP contribution in [0, 0.1) is 0 Å². The Bertz CT molecular complexity index is 548. The van der Waals surface area contributed by atoms with Crippen molar-refractivity contribution < 1.29 is 19.1 Å². The van der Waals surface area contributed by atoms with E-state index in [1.165, 1.54) is 4.90 Å². The Hall–Kier alpha value is -2.08. The fourth-order valence-electron chi connectivity index (χ4n) is 1.75. The van der Waals surface area contributed by atoms with Gasteiger partial charge in [-0.3, -0.25) is 14.4 Å². The second-order valence-electron chi connectivity index (χ2n) is 4.38. The van der Waals surface area contributed by atoms with Gasteiger partial charge >= 0.3 is 5.97 Å². The molecule has 0 aliphatic carbocycles. The Morgan fingerprint density at radius 1 is 1.23 bits per heavy atom. The molecule has 1 aromatic rings. The number of rotatable bonds is 7. The smallest absolute Gasteiger partial charge is 0.325 e. The first-order valence-electron chi connectivity index (χ1n) is 6.95. The fourth-order valence-corrected chi connectivity index (χ4v) is 1.97. The number of nitrogens with one attached hydrogen (secondary N) is 1. The molecule has 0 aliphatic heterocycles. The maximum absolute atomic E-state index is 12.0. The van der Waals surface area contributed by atoms with Gasteiger partial charge in [0.15, 0.2) is 0 Å². The molecule has 0 unspecified atom stereocenters. The highest BCUT2D eigenvalue weighted by molar-refractivity contribution is 6.33. The Morgan fingerprint density at radius 2 is 1.91 bits per heavy atom. The van der Waals surface area contributed by atoms with Crippen LogP contribution >= 0.6 is 11.6 Å². The second-order valence-corrected chi connectivity index (χ2v) is 4.78. The zero-order valence-electron chi connectivity index (χ0n) is 12.6. The molecule has 1 N–H and O–H groups in total. The third-order valence-corrected chi connectivity index (χ3v) is 3.21. The monoisotopic (exact) mass is 326 g/mol. The molecule has 0 fully saturated rings. The Kier molecular flexibility index (Phi) is 7.39. The summed E-state index contributed by atoms with van der Waals surface area (Å²) in [7, 11) is 0. The molecule has 22 heavy (non-hydrogen) atoms. The number of nitrogens with zero attached hydrogens (tertiary/aromatic N) is 1. The number of esters is 1. The number of carbonyl (C=O) groups excluding carboxylic acids is 3. The van der Waals surface area contributed by atoms with Crippen LogP contribution in [0.5, 0.6) is 0 Å². The molecule has 0 radical (unpaired) electrons. The quantitative estimate of drug-likeness (QED) is 0.770. The maximum atomic E-state index is 12.0. The van der Waals surface area contributed by atoms with Gasteiger partial charge < -0.3 is 15.0 Å². The van der Waals surface area contributed by atoms with E-state index >= 15 is 0 Å². The van der Waals surface area contributed by atoms with E-state index in [9.17, 15) is 14.4 Å². The summed E-state index contributed by atoms with van der Waals surface area (Å²) in [6, 6.07) is 6.56. The average Bonchev–Trinajstić information content (AvgIpc) is 2.50. The minimum absolute atomic E-state index is 0.134.